The first-order chi connectivity index (χ1) is 20.4. The predicted octanol–water partition coefficient (Wildman–Crippen LogP) is 4.09. The number of hydrogen-bond donors (Lipinski definition) is 2. The molecule has 42 heavy (non-hydrogen) atoms. The average Bonchev–Trinajstić information content (AvgIpc) is 3.11. The number of nitrogens with one attached hydrogen (secondary N) is 2. The van der Waals surface area contributed by atoms with Crippen LogP contribution in [0.2, 0.25) is 0 Å². The summed E-state index contributed by atoms with van der Waals surface area (Å²) < 4.78 is 5.98. The Hall–Kier alpha value is -4.15. The summed E-state index contributed by atoms with van der Waals surface area (Å²) in [5, 5.41) is 6.80. The van der Waals surface area contributed by atoms with Crippen molar-refractivity contribution < 1.29 is 14.3 Å². The number of hydrogen-bond acceptors (Lipinski definition) is 8. The molecule has 3 aliphatic rings. The van der Waals surface area contributed by atoms with Gasteiger partial charge < -0.3 is 30.1 Å². The maximum Gasteiger partial charge on any atom is 0.260 e. The minimum atomic E-state index is -0.0781. The number of aromatic nitrogens is 1. The Morgan fingerprint density at radius 3 is 2.50 bits per heavy atom. The van der Waals surface area contributed by atoms with Crippen molar-refractivity contribution in [3.8, 4) is 5.75 Å². The number of carbonyl (C=O) groups is 2. The van der Waals surface area contributed by atoms with E-state index in [1.165, 1.54) is 0 Å². The molecule has 2 saturated heterocycles. The number of anilines is 5. The molecule has 1 aromatic heterocycles. The first-order valence-corrected chi connectivity index (χ1v) is 14.8. The minimum absolute atomic E-state index is 0.0393. The maximum atomic E-state index is 13.5. The second-order valence-electron chi connectivity index (χ2n) is 11.1. The molecule has 0 aliphatic carbocycles. The molecule has 0 atom stereocenters. The normalized spacial score (nSPS) is 17.9. The lowest BCUT2D eigenvalue weighted by atomic mass is 10.0. The highest BCUT2D eigenvalue weighted by atomic mass is 16.5. The van der Waals surface area contributed by atoms with E-state index in [-0.39, 0.29) is 11.8 Å². The Balaban J connectivity index is 1.20. The van der Waals surface area contributed by atoms with Gasteiger partial charge in [-0.25, -0.2) is 4.98 Å². The smallest absolute Gasteiger partial charge is 0.260 e. The molecule has 3 aliphatic heterocycles. The van der Waals surface area contributed by atoms with Crippen molar-refractivity contribution >= 4 is 40.4 Å². The van der Waals surface area contributed by atoms with Crippen LogP contribution in [-0.4, -0.2) is 92.6 Å². The molecule has 10 nitrogen and oxygen atoms in total. The summed E-state index contributed by atoms with van der Waals surface area (Å²) in [5.41, 5.74) is 4.38. The van der Waals surface area contributed by atoms with Gasteiger partial charge in [-0.3, -0.25) is 14.5 Å². The van der Waals surface area contributed by atoms with E-state index in [0.29, 0.717) is 35.3 Å². The van der Waals surface area contributed by atoms with Gasteiger partial charge in [0.15, 0.2) is 0 Å². The summed E-state index contributed by atoms with van der Waals surface area (Å²) >= 11 is 0. The highest BCUT2D eigenvalue weighted by molar-refractivity contribution is 6.13. The van der Waals surface area contributed by atoms with Crippen LogP contribution in [0.3, 0.4) is 0 Å². The van der Waals surface area contributed by atoms with Gasteiger partial charge in [0.25, 0.3) is 11.8 Å². The second-order valence-corrected chi connectivity index (χ2v) is 11.1. The molecule has 6 rings (SSSR count). The molecule has 0 spiro atoms. The van der Waals surface area contributed by atoms with E-state index in [1.807, 2.05) is 72.3 Å². The molecule has 2 fully saturated rings. The Morgan fingerprint density at radius 1 is 0.976 bits per heavy atom. The number of fused-ring (bicyclic) bond motifs is 2. The fraction of sp³-hybridized carbons (Fsp3) is 0.406. The van der Waals surface area contributed by atoms with Gasteiger partial charge in [-0.15, -0.1) is 0 Å². The summed E-state index contributed by atoms with van der Waals surface area (Å²) in [6.45, 7) is 8.19. The molecule has 2 aromatic carbocycles. The SMILES string of the molecule is CCOc1cc(C(=O)N2CCC(N3CCNCC3)CC2)ccc1Nc1cc2c(cn1)N(C)C(=O)c1ccccc1N2C. The lowest BCUT2D eigenvalue weighted by Crippen LogP contribution is -2.52. The third-order valence-electron chi connectivity index (χ3n) is 8.60. The number of piperidine rings is 1. The zero-order valence-corrected chi connectivity index (χ0v) is 24.6. The lowest BCUT2D eigenvalue weighted by molar-refractivity contribution is 0.0601. The van der Waals surface area contributed by atoms with E-state index in [1.54, 1.807) is 18.1 Å². The van der Waals surface area contributed by atoms with Crippen LogP contribution in [-0.2, 0) is 0 Å². The number of likely N-dealkylation sites (tertiary alicyclic amines) is 1. The first-order valence-electron chi connectivity index (χ1n) is 14.8. The van der Waals surface area contributed by atoms with Gasteiger partial charge in [-0.2, -0.15) is 0 Å². The van der Waals surface area contributed by atoms with Crippen LogP contribution in [0, 0.1) is 0 Å². The molecular formula is C32H39N7O3. The number of carbonyl (C=O) groups excluding carboxylic acids is 2. The third-order valence-corrected chi connectivity index (χ3v) is 8.60. The summed E-state index contributed by atoms with van der Waals surface area (Å²) in [7, 11) is 3.72. The molecule has 220 valence electrons. The Labute approximate surface area is 247 Å². The number of piperazine rings is 1. The van der Waals surface area contributed by atoms with Crippen molar-refractivity contribution in [2.24, 2.45) is 0 Å². The van der Waals surface area contributed by atoms with E-state index in [0.717, 1.165) is 74.9 Å². The Morgan fingerprint density at radius 2 is 1.74 bits per heavy atom. The first kappa shape index (κ1) is 28.0. The topological polar surface area (TPSA) is 93.3 Å². The van der Waals surface area contributed by atoms with Crippen LogP contribution in [0.5, 0.6) is 5.75 Å². The van der Waals surface area contributed by atoms with Crippen LogP contribution >= 0.6 is 0 Å². The van der Waals surface area contributed by atoms with Crippen molar-refractivity contribution in [3.63, 3.8) is 0 Å². The van der Waals surface area contributed by atoms with Gasteiger partial charge in [-0.1, -0.05) is 12.1 Å². The van der Waals surface area contributed by atoms with Crippen LogP contribution in [0.4, 0.5) is 28.6 Å². The number of benzene rings is 2. The predicted molar refractivity (Wildman–Crippen MR) is 166 cm³/mol. The summed E-state index contributed by atoms with van der Waals surface area (Å²) in [4.78, 5) is 39.4. The van der Waals surface area contributed by atoms with E-state index < -0.39 is 0 Å². The number of rotatable bonds is 6. The molecule has 0 radical (unpaired) electrons. The van der Waals surface area contributed by atoms with E-state index in [9.17, 15) is 9.59 Å². The number of amides is 2. The number of nitrogens with zero attached hydrogens (tertiary/aromatic N) is 5. The lowest BCUT2D eigenvalue weighted by Gasteiger charge is -2.40. The Kier molecular flexibility index (Phi) is 7.99. The van der Waals surface area contributed by atoms with Gasteiger partial charge in [0.1, 0.15) is 11.6 Å². The van der Waals surface area contributed by atoms with Crippen molar-refractivity contribution in [1.29, 1.82) is 0 Å². The molecule has 0 unspecified atom stereocenters. The molecule has 0 bridgehead atoms. The fourth-order valence-corrected chi connectivity index (χ4v) is 6.24. The molecule has 10 heteroatoms. The van der Waals surface area contributed by atoms with E-state index in [4.69, 9.17) is 4.74 Å². The van der Waals surface area contributed by atoms with Crippen LogP contribution in [0.1, 0.15) is 40.5 Å². The molecule has 2 N–H and O–H groups in total. The largest absolute Gasteiger partial charge is 0.492 e. The standard InChI is InChI=1S/C32H39N7O3/c1-4-42-29-19-22(31(40)39-15-11-23(12-16-39)38-17-13-33-14-18-38)9-10-25(29)35-30-20-27-28(21-34-30)37(3)32(41)24-7-5-6-8-26(24)36(27)2/h5-10,19-21,23,33H,4,11-18H2,1-3H3,(H,34,35). The number of pyridine rings is 1. The Bertz CT molecular complexity index is 1460. The van der Waals surface area contributed by atoms with Crippen LogP contribution in [0.15, 0.2) is 54.7 Å². The molecular weight excluding hydrogens is 530 g/mol. The molecule has 0 saturated carbocycles. The van der Waals surface area contributed by atoms with Crippen LogP contribution in [0.25, 0.3) is 0 Å². The van der Waals surface area contributed by atoms with E-state index >= 15 is 0 Å². The van der Waals surface area contributed by atoms with Gasteiger partial charge in [0, 0.05) is 71.0 Å². The quantitative estimate of drug-likeness (QED) is 0.459. The van der Waals surface area contributed by atoms with Gasteiger partial charge >= 0.3 is 0 Å². The van der Waals surface area contributed by atoms with Crippen molar-refractivity contribution in [3.05, 3.63) is 65.9 Å². The van der Waals surface area contributed by atoms with Gasteiger partial charge in [0.2, 0.25) is 0 Å². The molecule has 4 heterocycles. The van der Waals surface area contributed by atoms with Crippen molar-refractivity contribution in [2.75, 3.05) is 75.1 Å². The zero-order valence-electron chi connectivity index (χ0n) is 24.6. The third kappa shape index (κ3) is 5.39. The highest BCUT2D eigenvalue weighted by Gasteiger charge is 2.29. The van der Waals surface area contributed by atoms with Crippen molar-refractivity contribution in [2.45, 2.75) is 25.8 Å². The zero-order chi connectivity index (χ0) is 29.2. The van der Waals surface area contributed by atoms with Crippen molar-refractivity contribution in [1.82, 2.24) is 20.1 Å². The highest BCUT2D eigenvalue weighted by Crippen LogP contribution is 2.40. The van der Waals surface area contributed by atoms with Gasteiger partial charge in [-0.05, 0) is 50.1 Å². The van der Waals surface area contributed by atoms with E-state index in [2.05, 4.69) is 20.5 Å². The summed E-state index contributed by atoms with van der Waals surface area (Å²) in [6, 6.07) is 15.6. The average molecular weight is 570 g/mol. The number of ether oxygens (including phenoxy) is 1. The second kappa shape index (κ2) is 12.0. The maximum absolute atomic E-state index is 13.5. The minimum Gasteiger partial charge on any atom is -0.492 e. The molecule has 3 aromatic rings. The van der Waals surface area contributed by atoms with Crippen LogP contribution < -0.4 is 25.2 Å². The van der Waals surface area contributed by atoms with Gasteiger partial charge in [0.05, 0.1) is 41.1 Å². The number of para-hydroxylation sites is 1. The fourth-order valence-electron chi connectivity index (χ4n) is 6.24. The molecule has 2 amide bonds. The summed E-state index contributed by atoms with van der Waals surface area (Å²) in [5.74, 6) is 1.17. The monoisotopic (exact) mass is 569 g/mol. The summed E-state index contributed by atoms with van der Waals surface area (Å²) in [6.07, 6.45) is 3.72.